The number of thiazole rings is 1. The Morgan fingerprint density at radius 3 is 2.47 bits per heavy atom. The van der Waals surface area contributed by atoms with Crippen LogP contribution in [-0.2, 0) is 0 Å². The second-order valence-electron chi connectivity index (χ2n) is 7.63. The largest absolute Gasteiger partial charge is 0.335 e. The van der Waals surface area contributed by atoms with Crippen molar-refractivity contribution in [1.82, 2.24) is 19.7 Å². The van der Waals surface area contributed by atoms with E-state index in [-0.39, 0.29) is 11.8 Å². The number of hydrogen-bond acceptors (Lipinski definition) is 7. The van der Waals surface area contributed by atoms with Crippen molar-refractivity contribution >= 4 is 45.8 Å². The van der Waals surface area contributed by atoms with E-state index in [2.05, 4.69) is 27.4 Å². The molecule has 0 saturated carbocycles. The average Bonchev–Trinajstić information content (AvgIpc) is 3.48. The van der Waals surface area contributed by atoms with Crippen molar-refractivity contribution in [3.63, 3.8) is 0 Å². The molecule has 0 atom stereocenters. The summed E-state index contributed by atoms with van der Waals surface area (Å²) < 4.78 is 0. The lowest BCUT2D eigenvalue weighted by Gasteiger charge is -2.48. The number of amides is 2. The lowest BCUT2D eigenvalue weighted by Crippen LogP contribution is -2.64. The van der Waals surface area contributed by atoms with Gasteiger partial charge < -0.3 is 9.80 Å². The van der Waals surface area contributed by atoms with Gasteiger partial charge in [-0.25, -0.2) is 4.98 Å². The maximum Gasteiger partial charge on any atom is 0.282 e. The summed E-state index contributed by atoms with van der Waals surface area (Å²) in [6.07, 6.45) is 1.67. The normalized spacial score (nSPS) is 17.9. The van der Waals surface area contributed by atoms with Gasteiger partial charge in [0, 0.05) is 66.6 Å². The van der Waals surface area contributed by atoms with Crippen molar-refractivity contribution in [3.05, 3.63) is 50.6 Å². The second kappa shape index (κ2) is 8.22. The highest BCUT2D eigenvalue weighted by atomic mass is 32.1. The molecule has 2 aliphatic heterocycles. The molecule has 6 nitrogen and oxygen atoms in total. The number of aromatic nitrogens is 1. The summed E-state index contributed by atoms with van der Waals surface area (Å²) in [6.45, 7) is 6.70. The Morgan fingerprint density at radius 1 is 1.00 bits per heavy atom. The van der Waals surface area contributed by atoms with Crippen LogP contribution in [0.3, 0.4) is 0 Å². The highest BCUT2D eigenvalue weighted by molar-refractivity contribution is 7.22. The molecule has 0 radical (unpaired) electrons. The summed E-state index contributed by atoms with van der Waals surface area (Å²) in [5.41, 5.74) is 1.06. The molecule has 5 rings (SSSR count). The minimum Gasteiger partial charge on any atom is -0.335 e. The Morgan fingerprint density at radius 2 is 1.80 bits per heavy atom. The summed E-state index contributed by atoms with van der Waals surface area (Å²) in [6, 6.07) is 6.66. The van der Waals surface area contributed by atoms with E-state index in [0.29, 0.717) is 11.0 Å². The molecule has 2 saturated heterocycles. The molecule has 5 heterocycles. The van der Waals surface area contributed by atoms with Gasteiger partial charge in [0.2, 0.25) is 0 Å². The molecular formula is C21H22N4O2S3. The van der Waals surface area contributed by atoms with E-state index in [9.17, 15) is 9.59 Å². The van der Waals surface area contributed by atoms with E-state index in [1.807, 2.05) is 28.2 Å². The van der Waals surface area contributed by atoms with Crippen LogP contribution in [0.5, 0.6) is 0 Å². The topological polar surface area (TPSA) is 56.8 Å². The molecule has 3 aromatic rings. The van der Waals surface area contributed by atoms with Crippen LogP contribution in [0.4, 0.5) is 0 Å². The van der Waals surface area contributed by atoms with Gasteiger partial charge >= 0.3 is 0 Å². The van der Waals surface area contributed by atoms with Crippen LogP contribution in [0.2, 0.25) is 0 Å². The summed E-state index contributed by atoms with van der Waals surface area (Å²) >= 11 is 4.70. The quantitative estimate of drug-likeness (QED) is 0.600. The molecule has 0 aromatic carbocycles. The molecule has 0 aliphatic carbocycles. The Kier molecular flexibility index (Phi) is 5.44. The Balaban J connectivity index is 1.15. The maximum atomic E-state index is 13.0. The van der Waals surface area contributed by atoms with E-state index in [1.165, 1.54) is 21.1 Å². The fourth-order valence-corrected chi connectivity index (χ4v) is 6.55. The Labute approximate surface area is 187 Å². The zero-order valence-electron chi connectivity index (χ0n) is 16.6. The Bertz CT molecular complexity index is 1030. The number of nitrogens with zero attached hydrogens (tertiary/aromatic N) is 4. The monoisotopic (exact) mass is 458 g/mol. The van der Waals surface area contributed by atoms with E-state index in [4.69, 9.17) is 0 Å². The van der Waals surface area contributed by atoms with E-state index in [0.717, 1.165) is 49.7 Å². The van der Waals surface area contributed by atoms with Crippen LogP contribution in [0.15, 0.2) is 35.2 Å². The smallest absolute Gasteiger partial charge is 0.282 e. The summed E-state index contributed by atoms with van der Waals surface area (Å²) in [4.78, 5) is 39.1. The van der Waals surface area contributed by atoms with Crippen molar-refractivity contribution in [2.24, 2.45) is 0 Å². The highest BCUT2D eigenvalue weighted by Crippen LogP contribution is 2.35. The first kappa shape index (κ1) is 19.9. The molecule has 0 spiro atoms. The summed E-state index contributed by atoms with van der Waals surface area (Å²) in [5.74, 6) is 0.180. The first-order chi connectivity index (χ1) is 14.6. The highest BCUT2D eigenvalue weighted by Gasteiger charge is 2.38. The standard InChI is InChI=1S/C21H22N4O2S3/c1-14-11-17(16-3-2-9-28-16)30-18(14)20(26)25-12-15(13-25)23-5-7-24(8-6-23)21(27)19-22-4-10-29-19/h2-4,9-11,15H,5-8,12-13H2,1H3. The molecule has 3 aromatic heterocycles. The number of rotatable bonds is 4. The molecule has 0 N–H and O–H groups in total. The molecule has 2 aliphatic rings. The average molecular weight is 459 g/mol. The lowest BCUT2D eigenvalue weighted by molar-refractivity contribution is 0.00876. The zero-order chi connectivity index (χ0) is 20.7. The van der Waals surface area contributed by atoms with Crippen LogP contribution in [0.1, 0.15) is 25.0 Å². The van der Waals surface area contributed by atoms with Gasteiger partial charge in [0.05, 0.1) is 4.88 Å². The van der Waals surface area contributed by atoms with E-state index in [1.54, 1.807) is 28.9 Å². The van der Waals surface area contributed by atoms with Gasteiger partial charge in [-0.2, -0.15) is 0 Å². The predicted molar refractivity (Wildman–Crippen MR) is 122 cm³/mol. The predicted octanol–water partition coefficient (Wildman–Crippen LogP) is 3.52. The van der Waals surface area contributed by atoms with Gasteiger partial charge in [0.1, 0.15) is 0 Å². The fraction of sp³-hybridized carbons (Fsp3) is 0.381. The second-order valence-corrected chi connectivity index (χ2v) is 10.5. The summed E-state index contributed by atoms with van der Waals surface area (Å²) in [5, 5.41) is 4.47. The zero-order valence-corrected chi connectivity index (χ0v) is 19.1. The fourth-order valence-electron chi connectivity index (χ4n) is 3.98. The van der Waals surface area contributed by atoms with E-state index >= 15 is 0 Å². The van der Waals surface area contributed by atoms with Gasteiger partial charge in [-0.3, -0.25) is 14.5 Å². The van der Waals surface area contributed by atoms with Crippen molar-refractivity contribution in [2.75, 3.05) is 39.3 Å². The number of carbonyl (C=O) groups is 2. The number of aryl methyl sites for hydroxylation is 1. The molecule has 0 unspecified atom stereocenters. The first-order valence-corrected chi connectivity index (χ1v) is 12.5. The number of piperazine rings is 1. The van der Waals surface area contributed by atoms with Crippen molar-refractivity contribution in [3.8, 4) is 9.75 Å². The van der Waals surface area contributed by atoms with Crippen LogP contribution in [0, 0.1) is 6.92 Å². The number of thiophene rings is 2. The maximum absolute atomic E-state index is 13.0. The first-order valence-electron chi connectivity index (χ1n) is 9.96. The van der Waals surface area contributed by atoms with Crippen LogP contribution < -0.4 is 0 Å². The minimum absolute atomic E-state index is 0.0322. The number of likely N-dealkylation sites (tertiary alicyclic amines) is 1. The van der Waals surface area contributed by atoms with Gasteiger partial charge in [-0.1, -0.05) is 6.07 Å². The van der Waals surface area contributed by atoms with Gasteiger partial charge in [0.15, 0.2) is 5.01 Å². The SMILES string of the molecule is Cc1cc(-c2cccs2)sc1C(=O)N1CC(N2CCN(C(=O)c3nccs3)CC2)C1. The van der Waals surface area contributed by atoms with Gasteiger partial charge in [0.25, 0.3) is 11.8 Å². The molecule has 2 amide bonds. The van der Waals surface area contributed by atoms with Crippen molar-refractivity contribution < 1.29 is 9.59 Å². The lowest BCUT2D eigenvalue weighted by atomic mass is 10.0. The van der Waals surface area contributed by atoms with Gasteiger partial charge in [-0.05, 0) is 30.0 Å². The molecule has 9 heteroatoms. The molecular weight excluding hydrogens is 436 g/mol. The van der Waals surface area contributed by atoms with Crippen molar-refractivity contribution in [1.29, 1.82) is 0 Å². The Hall–Kier alpha value is -2.07. The third kappa shape index (κ3) is 3.71. The molecule has 0 bridgehead atoms. The van der Waals surface area contributed by atoms with E-state index < -0.39 is 0 Å². The third-order valence-electron chi connectivity index (χ3n) is 5.76. The molecule has 2 fully saturated rings. The van der Waals surface area contributed by atoms with Crippen LogP contribution >= 0.6 is 34.0 Å². The molecule has 156 valence electrons. The molecule has 30 heavy (non-hydrogen) atoms. The summed E-state index contributed by atoms with van der Waals surface area (Å²) in [7, 11) is 0. The number of carbonyl (C=O) groups excluding carboxylic acids is 2. The van der Waals surface area contributed by atoms with Crippen LogP contribution in [0.25, 0.3) is 9.75 Å². The van der Waals surface area contributed by atoms with Gasteiger partial charge in [-0.15, -0.1) is 34.0 Å². The third-order valence-corrected chi connectivity index (χ3v) is 8.81. The number of hydrogen-bond donors (Lipinski definition) is 0. The van der Waals surface area contributed by atoms with Crippen molar-refractivity contribution in [2.45, 2.75) is 13.0 Å². The van der Waals surface area contributed by atoms with Crippen LogP contribution in [-0.4, -0.2) is 76.8 Å². The minimum atomic E-state index is 0.0322.